The molecule has 2 heterocycles. The molecule has 2 aromatic heterocycles. The van der Waals surface area contributed by atoms with Crippen LogP contribution in [0.15, 0.2) is 17.5 Å². The average molecular weight is 314 g/mol. The van der Waals surface area contributed by atoms with Gasteiger partial charge in [-0.25, -0.2) is 13.4 Å². The minimum atomic E-state index is -3.63. The van der Waals surface area contributed by atoms with Crippen LogP contribution in [0.1, 0.15) is 4.88 Å². The van der Waals surface area contributed by atoms with Crippen molar-refractivity contribution in [2.45, 2.75) is 6.54 Å². The van der Waals surface area contributed by atoms with Crippen LogP contribution in [0.25, 0.3) is 10.6 Å². The molecule has 0 saturated heterocycles. The number of aromatic nitrogens is 1. The Labute approximate surface area is 118 Å². The molecule has 19 heavy (non-hydrogen) atoms. The van der Waals surface area contributed by atoms with E-state index in [9.17, 15) is 8.42 Å². The third kappa shape index (κ3) is 3.51. The van der Waals surface area contributed by atoms with Gasteiger partial charge in [-0.05, 0) is 12.1 Å². The Morgan fingerprint density at radius 1 is 1.47 bits per heavy atom. The van der Waals surface area contributed by atoms with Crippen molar-refractivity contribution in [3.8, 4) is 16.6 Å². The molecular weight excluding hydrogens is 304 g/mol. The summed E-state index contributed by atoms with van der Waals surface area (Å²) >= 11 is 2.70. The molecule has 0 atom stereocenters. The number of nitrogens with zero attached hydrogens (tertiary/aromatic N) is 2. The monoisotopic (exact) mass is 314 g/mol. The second kappa shape index (κ2) is 5.66. The Hall–Kier alpha value is -1.47. The summed E-state index contributed by atoms with van der Waals surface area (Å²) in [5.41, 5.74) is 6.23. The van der Waals surface area contributed by atoms with Crippen molar-refractivity contribution in [1.29, 1.82) is 5.26 Å². The highest BCUT2D eigenvalue weighted by Crippen LogP contribution is 2.30. The third-order valence-corrected chi connectivity index (χ3v) is 5.15. The molecule has 3 N–H and O–H groups in total. The molecule has 0 radical (unpaired) electrons. The first-order valence-electron chi connectivity index (χ1n) is 5.16. The van der Waals surface area contributed by atoms with Crippen molar-refractivity contribution in [1.82, 2.24) is 4.98 Å². The van der Waals surface area contributed by atoms with Crippen LogP contribution in [-0.4, -0.2) is 19.2 Å². The summed E-state index contributed by atoms with van der Waals surface area (Å²) in [6.45, 7) is 0.469. The molecule has 0 fully saturated rings. The molecule has 0 aliphatic heterocycles. The van der Waals surface area contributed by atoms with Gasteiger partial charge in [0.1, 0.15) is 0 Å². The first-order valence-corrected chi connectivity index (χ1v) is 8.51. The molecule has 0 saturated carbocycles. The summed E-state index contributed by atoms with van der Waals surface area (Å²) in [7, 11) is -3.63. The van der Waals surface area contributed by atoms with E-state index in [1.54, 1.807) is 11.4 Å². The molecule has 2 rings (SSSR count). The van der Waals surface area contributed by atoms with Crippen LogP contribution in [0.5, 0.6) is 0 Å². The van der Waals surface area contributed by atoms with Crippen LogP contribution in [0.4, 0.5) is 5.13 Å². The Morgan fingerprint density at radius 3 is 2.89 bits per heavy atom. The van der Waals surface area contributed by atoms with Gasteiger partial charge in [0.25, 0.3) is 0 Å². The van der Waals surface area contributed by atoms with E-state index in [0.29, 0.717) is 12.2 Å². The van der Waals surface area contributed by atoms with Gasteiger partial charge in [0, 0.05) is 16.8 Å². The molecule has 0 aromatic carbocycles. The van der Waals surface area contributed by atoms with Gasteiger partial charge in [0.05, 0.1) is 16.6 Å². The maximum absolute atomic E-state index is 11.4. The number of hydrogen-bond donors (Lipinski definition) is 2. The highest BCUT2D eigenvalue weighted by molar-refractivity contribution is 7.93. The van der Waals surface area contributed by atoms with Crippen LogP contribution < -0.4 is 10.5 Å². The number of nitrogens with two attached hydrogens (primary N) is 1. The largest absolute Gasteiger partial charge is 0.326 e. The zero-order valence-corrected chi connectivity index (χ0v) is 12.1. The minimum Gasteiger partial charge on any atom is -0.326 e. The third-order valence-electron chi connectivity index (χ3n) is 2.12. The highest BCUT2D eigenvalue weighted by atomic mass is 32.2. The molecule has 6 nitrogen and oxygen atoms in total. The summed E-state index contributed by atoms with van der Waals surface area (Å²) in [5.74, 6) is -0.585. The number of thiophene rings is 1. The van der Waals surface area contributed by atoms with E-state index < -0.39 is 15.8 Å². The van der Waals surface area contributed by atoms with Crippen molar-refractivity contribution in [2.75, 3.05) is 10.5 Å². The van der Waals surface area contributed by atoms with Crippen molar-refractivity contribution >= 4 is 37.8 Å². The summed E-state index contributed by atoms with van der Waals surface area (Å²) < 4.78 is 25.1. The van der Waals surface area contributed by atoms with Gasteiger partial charge < -0.3 is 5.73 Å². The molecule has 0 unspecified atom stereocenters. The maximum atomic E-state index is 11.4. The number of rotatable bonds is 5. The van der Waals surface area contributed by atoms with Gasteiger partial charge in [-0.3, -0.25) is 4.72 Å². The molecule has 0 amide bonds. The SMILES string of the molecule is N#CCS(=O)(=O)Nc1nc(-c2ccc(CN)s2)cs1. The van der Waals surface area contributed by atoms with Crippen LogP contribution in [0, 0.1) is 11.3 Å². The fraction of sp³-hybridized carbons (Fsp3) is 0.200. The van der Waals surface area contributed by atoms with Crippen molar-refractivity contribution in [2.24, 2.45) is 5.73 Å². The Morgan fingerprint density at radius 2 is 2.26 bits per heavy atom. The van der Waals surface area contributed by atoms with Crippen molar-refractivity contribution < 1.29 is 8.42 Å². The Bertz CT molecular complexity index is 711. The second-order valence-corrected chi connectivity index (χ2v) is 7.28. The number of thiazole rings is 1. The van der Waals surface area contributed by atoms with E-state index in [-0.39, 0.29) is 5.13 Å². The van der Waals surface area contributed by atoms with Gasteiger partial charge >= 0.3 is 0 Å². The van der Waals surface area contributed by atoms with Crippen LogP contribution in [0.2, 0.25) is 0 Å². The first-order chi connectivity index (χ1) is 9.04. The lowest BCUT2D eigenvalue weighted by atomic mass is 10.4. The van der Waals surface area contributed by atoms with Crippen molar-refractivity contribution in [3.05, 3.63) is 22.4 Å². The molecule has 0 spiro atoms. The average Bonchev–Trinajstić information content (AvgIpc) is 2.96. The molecular formula is C10H10N4O2S3. The number of nitrogens with one attached hydrogen (secondary N) is 1. The quantitative estimate of drug-likeness (QED) is 0.871. The van der Waals surface area contributed by atoms with E-state index in [1.165, 1.54) is 22.7 Å². The molecule has 2 aromatic rings. The maximum Gasteiger partial charge on any atom is 0.247 e. The zero-order chi connectivity index (χ0) is 13.9. The molecule has 100 valence electrons. The van der Waals surface area contributed by atoms with Gasteiger partial charge in [0.2, 0.25) is 10.0 Å². The predicted molar refractivity (Wildman–Crippen MR) is 76.3 cm³/mol. The van der Waals surface area contributed by atoms with Gasteiger partial charge in [-0.1, -0.05) is 0 Å². The highest BCUT2D eigenvalue weighted by Gasteiger charge is 2.13. The van der Waals surface area contributed by atoms with E-state index >= 15 is 0 Å². The predicted octanol–water partition coefficient (Wildman–Crippen LogP) is 1.60. The topological polar surface area (TPSA) is 109 Å². The number of nitriles is 1. The van der Waals surface area contributed by atoms with E-state index in [4.69, 9.17) is 11.0 Å². The molecule has 0 bridgehead atoms. The summed E-state index contributed by atoms with van der Waals surface area (Å²) in [5, 5.41) is 10.4. The second-order valence-electron chi connectivity index (χ2n) is 3.53. The fourth-order valence-electron chi connectivity index (χ4n) is 1.31. The number of sulfonamides is 1. The van der Waals surface area contributed by atoms with E-state index in [0.717, 1.165) is 9.75 Å². The minimum absolute atomic E-state index is 0.257. The Kier molecular flexibility index (Phi) is 4.16. The summed E-state index contributed by atoms with van der Waals surface area (Å²) in [6.07, 6.45) is 0. The first kappa shape index (κ1) is 14.0. The lowest BCUT2D eigenvalue weighted by molar-refractivity contribution is 0.604. The number of anilines is 1. The lowest BCUT2D eigenvalue weighted by Crippen LogP contribution is -2.15. The standard InChI is InChI=1S/C10H10N4O2S3/c11-3-4-19(15,16)14-10-13-8(6-17-10)9-2-1-7(5-12)18-9/h1-2,6H,4-5,12H2,(H,13,14). The fourth-order valence-corrected chi connectivity index (χ4v) is 3.92. The van der Waals surface area contributed by atoms with Gasteiger partial charge in [-0.15, -0.1) is 22.7 Å². The Balaban J connectivity index is 2.18. The smallest absolute Gasteiger partial charge is 0.247 e. The van der Waals surface area contributed by atoms with Crippen LogP contribution in [-0.2, 0) is 16.6 Å². The van der Waals surface area contributed by atoms with Gasteiger partial charge in [0.15, 0.2) is 10.9 Å². The van der Waals surface area contributed by atoms with Crippen LogP contribution >= 0.6 is 22.7 Å². The summed E-state index contributed by atoms with van der Waals surface area (Å²) in [4.78, 5) is 6.15. The van der Waals surface area contributed by atoms with E-state index in [2.05, 4.69) is 9.71 Å². The number of hydrogen-bond acceptors (Lipinski definition) is 7. The zero-order valence-electron chi connectivity index (χ0n) is 9.66. The molecule has 0 aliphatic carbocycles. The van der Waals surface area contributed by atoms with Crippen molar-refractivity contribution in [3.63, 3.8) is 0 Å². The van der Waals surface area contributed by atoms with E-state index in [1.807, 2.05) is 12.1 Å². The van der Waals surface area contributed by atoms with Gasteiger partial charge in [-0.2, -0.15) is 5.26 Å². The normalized spacial score (nSPS) is 11.2. The molecule has 9 heteroatoms. The summed E-state index contributed by atoms with van der Waals surface area (Å²) in [6, 6.07) is 5.41. The molecule has 0 aliphatic rings. The van der Waals surface area contributed by atoms with Crippen LogP contribution in [0.3, 0.4) is 0 Å². The lowest BCUT2D eigenvalue weighted by Gasteiger charge is -1.98.